The SMILES string of the molecule is CCCCN(CCCC)c1nc(C)nc(SC)c1NC(=O)CCCCN(CCC)c1ccccc1. The molecular weight excluding hydrogens is 454 g/mol. The fourth-order valence-electron chi connectivity index (χ4n) is 4.11. The zero-order chi connectivity index (χ0) is 25.5. The predicted molar refractivity (Wildman–Crippen MR) is 152 cm³/mol. The maximum absolute atomic E-state index is 13.0. The number of benzene rings is 1. The Balaban J connectivity index is 2.05. The van der Waals surface area contributed by atoms with Crippen LogP contribution in [0, 0.1) is 6.92 Å². The van der Waals surface area contributed by atoms with Gasteiger partial charge in [-0.2, -0.15) is 0 Å². The first-order valence-corrected chi connectivity index (χ1v) is 14.5. The van der Waals surface area contributed by atoms with E-state index in [1.165, 1.54) is 5.69 Å². The predicted octanol–water partition coefficient (Wildman–Crippen LogP) is 6.94. The lowest BCUT2D eigenvalue weighted by Crippen LogP contribution is -2.29. The monoisotopic (exact) mass is 499 g/mol. The topological polar surface area (TPSA) is 61.4 Å². The Morgan fingerprint density at radius 2 is 1.51 bits per heavy atom. The molecular formula is C28H45N5OS. The molecule has 0 saturated heterocycles. The van der Waals surface area contributed by atoms with Crippen LogP contribution in [-0.2, 0) is 4.79 Å². The zero-order valence-electron chi connectivity index (χ0n) is 22.5. The normalized spacial score (nSPS) is 10.9. The molecule has 0 saturated carbocycles. The quantitative estimate of drug-likeness (QED) is 0.144. The second-order valence-electron chi connectivity index (χ2n) is 9.00. The number of amides is 1. The number of carbonyl (C=O) groups is 1. The molecule has 6 nitrogen and oxygen atoms in total. The number of aryl methyl sites for hydroxylation is 1. The number of aromatic nitrogens is 2. The van der Waals surface area contributed by atoms with E-state index >= 15 is 0 Å². The van der Waals surface area contributed by atoms with E-state index in [2.05, 4.69) is 71.2 Å². The molecule has 194 valence electrons. The van der Waals surface area contributed by atoms with E-state index in [0.29, 0.717) is 6.42 Å². The Morgan fingerprint density at radius 1 is 0.857 bits per heavy atom. The van der Waals surface area contributed by atoms with Gasteiger partial charge in [0, 0.05) is 38.3 Å². The van der Waals surface area contributed by atoms with E-state index < -0.39 is 0 Å². The smallest absolute Gasteiger partial charge is 0.224 e. The lowest BCUT2D eigenvalue weighted by molar-refractivity contribution is -0.116. The number of anilines is 3. The first-order chi connectivity index (χ1) is 17.0. The maximum atomic E-state index is 13.0. The second kappa shape index (κ2) is 16.4. The van der Waals surface area contributed by atoms with Gasteiger partial charge in [0.15, 0.2) is 5.82 Å². The molecule has 1 amide bonds. The summed E-state index contributed by atoms with van der Waals surface area (Å²) in [5.41, 5.74) is 2.03. The van der Waals surface area contributed by atoms with E-state index in [1.54, 1.807) is 11.8 Å². The van der Waals surface area contributed by atoms with E-state index in [9.17, 15) is 4.79 Å². The molecule has 0 spiro atoms. The van der Waals surface area contributed by atoms with E-state index in [1.807, 2.05) is 13.2 Å². The molecule has 0 aliphatic rings. The molecule has 2 rings (SSSR count). The lowest BCUT2D eigenvalue weighted by Gasteiger charge is -2.27. The molecule has 0 aliphatic heterocycles. The third-order valence-corrected chi connectivity index (χ3v) is 6.67. The van der Waals surface area contributed by atoms with Crippen LogP contribution in [0.25, 0.3) is 0 Å². The van der Waals surface area contributed by atoms with Crippen molar-refractivity contribution in [3.05, 3.63) is 36.2 Å². The van der Waals surface area contributed by atoms with Crippen LogP contribution in [-0.4, -0.2) is 48.3 Å². The Morgan fingerprint density at radius 3 is 2.11 bits per heavy atom. The number of carbonyl (C=O) groups excluding carboxylic acids is 1. The highest BCUT2D eigenvalue weighted by molar-refractivity contribution is 7.98. The molecule has 35 heavy (non-hydrogen) atoms. The van der Waals surface area contributed by atoms with Gasteiger partial charge in [0.05, 0.1) is 0 Å². The standard InChI is InChI=1S/C28H45N5OS/c1-6-9-20-33(21-10-7-2)27-26(28(35-5)30-23(4)29-27)31-25(34)18-14-15-22-32(19-8-3)24-16-12-11-13-17-24/h11-13,16-17H,6-10,14-15,18-22H2,1-5H3,(H,31,34). The lowest BCUT2D eigenvalue weighted by atomic mass is 10.2. The van der Waals surface area contributed by atoms with Crippen molar-refractivity contribution < 1.29 is 4.79 Å². The molecule has 7 heteroatoms. The van der Waals surface area contributed by atoms with Crippen molar-refractivity contribution >= 4 is 34.9 Å². The summed E-state index contributed by atoms with van der Waals surface area (Å²) >= 11 is 1.57. The minimum Gasteiger partial charge on any atom is -0.372 e. The van der Waals surface area contributed by atoms with Gasteiger partial charge >= 0.3 is 0 Å². The van der Waals surface area contributed by atoms with Crippen LogP contribution in [0.4, 0.5) is 17.2 Å². The summed E-state index contributed by atoms with van der Waals surface area (Å²) in [6.45, 7) is 12.4. The van der Waals surface area contributed by atoms with Crippen molar-refractivity contribution in [2.24, 2.45) is 0 Å². The molecule has 1 aromatic carbocycles. The molecule has 0 atom stereocenters. The molecule has 1 aromatic heterocycles. The Labute approximate surface area is 217 Å². The summed E-state index contributed by atoms with van der Waals surface area (Å²) in [5.74, 6) is 1.66. The number of hydrogen-bond donors (Lipinski definition) is 1. The van der Waals surface area contributed by atoms with Crippen LogP contribution in [0.5, 0.6) is 0 Å². The molecule has 0 aliphatic carbocycles. The third kappa shape index (κ3) is 9.71. The van der Waals surface area contributed by atoms with Gasteiger partial charge in [0.1, 0.15) is 16.5 Å². The second-order valence-corrected chi connectivity index (χ2v) is 9.80. The minimum atomic E-state index is 0.0432. The van der Waals surface area contributed by atoms with Gasteiger partial charge in [-0.05, 0) is 57.4 Å². The Bertz CT molecular complexity index is 869. The van der Waals surface area contributed by atoms with Gasteiger partial charge in [-0.25, -0.2) is 9.97 Å². The van der Waals surface area contributed by atoms with Crippen molar-refractivity contribution in [2.75, 3.05) is 47.6 Å². The largest absolute Gasteiger partial charge is 0.372 e. The molecule has 0 radical (unpaired) electrons. The molecule has 1 heterocycles. The summed E-state index contributed by atoms with van der Waals surface area (Å²) in [5, 5.41) is 4.04. The van der Waals surface area contributed by atoms with Gasteiger partial charge < -0.3 is 15.1 Å². The molecule has 2 aromatic rings. The van der Waals surface area contributed by atoms with E-state index in [4.69, 9.17) is 4.98 Å². The van der Waals surface area contributed by atoms with Crippen LogP contribution in [0.3, 0.4) is 0 Å². The molecule has 0 bridgehead atoms. The average Bonchev–Trinajstić information content (AvgIpc) is 2.87. The minimum absolute atomic E-state index is 0.0432. The van der Waals surface area contributed by atoms with Crippen LogP contribution >= 0.6 is 11.8 Å². The number of hydrogen-bond acceptors (Lipinski definition) is 6. The van der Waals surface area contributed by atoms with Crippen molar-refractivity contribution in [3.8, 4) is 0 Å². The van der Waals surface area contributed by atoms with Gasteiger partial charge in [-0.1, -0.05) is 51.8 Å². The van der Waals surface area contributed by atoms with Crippen molar-refractivity contribution in [1.29, 1.82) is 0 Å². The number of thioether (sulfide) groups is 1. The van der Waals surface area contributed by atoms with Gasteiger partial charge in [0.25, 0.3) is 0 Å². The Kier molecular flexibility index (Phi) is 13.6. The van der Waals surface area contributed by atoms with Crippen LogP contribution in [0.15, 0.2) is 35.4 Å². The number of para-hydroxylation sites is 1. The van der Waals surface area contributed by atoms with Crippen molar-refractivity contribution in [2.45, 2.75) is 84.1 Å². The summed E-state index contributed by atoms with van der Waals surface area (Å²) in [4.78, 5) is 27.2. The highest BCUT2D eigenvalue weighted by Crippen LogP contribution is 2.33. The maximum Gasteiger partial charge on any atom is 0.224 e. The molecule has 0 unspecified atom stereocenters. The van der Waals surface area contributed by atoms with Crippen LogP contribution < -0.4 is 15.1 Å². The number of nitrogens with zero attached hydrogens (tertiary/aromatic N) is 4. The summed E-state index contributed by atoms with van der Waals surface area (Å²) in [6.07, 6.45) is 9.91. The van der Waals surface area contributed by atoms with Gasteiger partial charge in [-0.15, -0.1) is 11.8 Å². The first kappa shape index (κ1) is 29.0. The van der Waals surface area contributed by atoms with Gasteiger partial charge in [0.2, 0.25) is 5.91 Å². The van der Waals surface area contributed by atoms with E-state index in [-0.39, 0.29) is 5.91 Å². The van der Waals surface area contributed by atoms with Crippen LogP contribution in [0.1, 0.15) is 78.0 Å². The van der Waals surface area contributed by atoms with Crippen molar-refractivity contribution in [1.82, 2.24) is 9.97 Å². The average molecular weight is 500 g/mol. The zero-order valence-corrected chi connectivity index (χ0v) is 23.3. The van der Waals surface area contributed by atoms with E-state index in [0.717, 1.165) is 93.5 Å². The fourth-order valence-corrected chi connectivity index (χ4v) is 4.68. The number of rotatable bonds is 17. The first-order valence-electron chi connectivity index (χ1n) is 13.3. The van der Waals surface area contributed by atoms with Crippen molar-refractivity contribution in [3.63, 3.8) is 0 Å². The number of nitrogens with one attached hydrogen (secondary N) is 1. The summed E-state index contributed by atoms with van der Waals surface area (Å²) in [6, 6.07) is 10.5. The highest BCUT2D eigenvalue weighted by atomic mass is 32.2. The molecule has 1 N–H and O–H groups in total. The fraction of sp³-hybridized carbons (Fsp3) is 0.607. The summed E-state index contributed by atoms with van der Waals surface area (Å²) < 4.78 is 0. The Hall–Kier alpha value is -2.28. The van der Waals surface area contributed by atoms with Crippen LogP contribution in [0.2, 0.25) is 0 Å². The molecule has 0 fully saturated rings. The van der Waals surface area contributed by atoms with Gasteiger partial charge in [-0.3, -0.25) is 4.79 Å². The number of unbranched alkanes of at least 4 members (excludes halogenated alkanes) is 3. The third-order valence-electron chi connectivity index (χ3n) is 5.99. The summed E-state index contributed by atoms with van der Waals surface area (Å²) in [7, 11) is 0. The highest BCUT2D eigenvalue weighted by Gasteiger charge is 2.20.